The van der Waals surface area contributed by atoms with Crippen LogP contribution in [0.5, 0.6) is 5.75 Å². The maximum atomic E-state index is 14.5. The van der Waals surface area contributed by atoms with E-state index in [1.54, 1.807) is 42.5 Å². The Kier molecular flexibility index (Phi) is 6.45. The van der Waals surface area contributed by atoms with E-state index in [0.29, 0.717) is 16.1 Å². The topological polar surface area (TPSA) is 57.1 Å². The van der Waals surface area contributed by atoms with Crippen molar-refractivity contribution in [2.24, 2.45) is 0 Å². The molecule has 0 fully saturated rings. The third-order valence-electron chi connectivity index (χ3n) is 3.91. The number of hydrogen-bond donors (Lipinski definition) is 2. The van der Waals surface area contributed by atoms with Crippen molar-refractivity contribution < 1.29 is 13.6 Å². The van der Waals surface area contributed by atoms with E-state index in [9.17, 15) is 8.78 Å². The Morgan fingerprint density at radius 2 is 1.61 bits per heavy atom. The Morgan fingerprint density at radius 3 is 2.25 bits per heavy atom. The fraction of sp³-hybridized carbons (Fsp3) is 0.0500. The van der Waals surface area contributed by atoms with Crippen LogP contribution in [-0.4, -0.2) is 0 Å². The van der Waals surface area contributed by atoms with Crippen LogP contribution in [0.3, 0.4) is 0 Å². The van der Waals surface area contributed by atoms with Gasteiger partial charge in [-0.15, -0.1) is 0 Å². The van der Waals surface area contributed by atoms with Gasteiger partial charge in [-0.05, 0) is 42.0 Å². The number of hydrogen-bond acceptors (Lipinski definition) is 4. The van der Waals surface area contributed by atoms with Gasteiger partial charge < -0.3 is 4.84 Å². The van der Waals surface area contributed by atoms with Gasteiger partial charge in [0.25, 0.3) is 0 Å². The van der Waals surface area contributed by atoms with Gasteiger partial charge in [0.1, 0.15) is 17.7 Å². The van der Waals surface area contributed by atoms with E-state index >= 15 is 0 Å². The van der Waals surface area contributed by atoms with Crippen LogP contribution in [0.2, 0.25) is 10.0 Å². The maximum Gasteiger partial charge on any atom is 0.152 e. The molecule has 0 aromatic heterocycles. The summed E-state index contributed by atoms with van der Waals surface area (Å²) in [6.07, 6.45) is 0. The van der Waals surface area contributed by atoms with Gasteiger partial charge in [-0.1, -0.05) is 47.0 Å². The van der Waals surface area contributed by atoms with Gasteiger partial charge in [-0.25, -0.2) is 14.2 Å². The van der Waals surface area contributed by atoms with Crippen LogP contribution >= 0.6 is 23.2 Å². The molecule has 0 bridgehead atoms. The average Bonchev–Trinajstić information content (AvgIpc) is 2.67. The van der Waals surface area contributed by atoms with Crippen molar-refractivity contribution in [3.05, 3.63) is 99.0 Å². The van der Waals surface area contributed by atoms with E-state index in [-0.39, 0.29) is 16.3 Å². The fourth-order valence-electron chi connectivity index (χ4n) is 2.53. The van der Waals surface area contributed by atoms with E-state index in [0.717, 1.165) is 6.07 Å². The number of nitrogens with zero attached hydrogens (tertiary/aromatic N) is 1. The number of nitriles is 1. The predicted octanol–water partition coefficient (Wildman–Crippen LogP) is 5.32. The SMILES string of the molecule is N#Cc1ccc(ONNC(c2ccc(Cl)cc2)c2ccc(Cl)cc2F)cc1F. The second-order valence-electron chi connectivity index (χ2n) is 5.75. The zero-order chi connectivity index (χ0) is 20.1. The molecule has 2 N–H and O–H groups in total. The summed E-state index contributed by atoms with van der Waals surface area (Å²) in [4.78, 5) is 5.26. The lowest BCUT2D eigenvalue weighted by molar-refractivity contribution is 0.137. The fourth-order valence-corrected chi connectivity index (χ4v) is 2.81. The molecule has 1 atom stereocenters. The minimum Gasteiger partial charge on any atom is -0.394 e. The highest BCUT2D eigenvalue weighted by atomic mass is 35.5. The molecule has 28 heavy (non-hydrogen) atoms. The number of benzene rings is 3. The van der Waals surface area contributed by atoms with Gasteiger partial charge in [0.05, 0.1) is 11.6 Å². The lowest BCUT2D eigenvalue weighted by Gasteiger charge is -2.21. The lowest BCUT2D eigenvalue weighted by Crippen LogP contribution is -2.38. The van der Waals surface area contributed by atoms with Crippen molar-refractivity contribution in [2.45, 2.75) is 6.04 Å². The van der Waals surface area contributed by atoms with Crippen molar-refractivity contribution in [3.63, 3.8) is 0 Å². The van der Waals surface area contributed by atoms with Crippen LogP contribution in [0.25, 0.3) is 0 Å². The lowest BCUT2D eigenvalue weighted by atomic mass is 9.99. The molecule has 0 saturated carbocycles. The molecule has 1 unspecified atom stereocenters. The first-order valence-corrected chi connectivity index (χ1v) is 8.81. The Hall–Kier alpha value is -2.69. The second-order valence-corrected chi connectivity index (χ2v) is 6.63. The minimum atomic E-state index is -0.709. The number of nitrogens with one attached hydrogen (secondary N) is 2. The Labute approximate surface area is 170 Å². The van der Waals surface area contributed by atoms with Crippen LogP contribution in [0.1, 0.15) is 22.7 Å². The summed E-state index contributed by atoms with van der Waals surface area (Å²) in [5.41, 5.74) is 6.25. The Balaban J connectivity index is 1.80. The largest absolute Gasteiger partial charge is 0.394 e. The molecule has 8 heteroatoms. The molecule has 3 rings (SSSR count). The molecule has 0 aliphatic heterocycles. The van der Waals surface area contributed by atoms with Crippen molar-refractivity contribution >= 4 is 23.2 Å². The van der Waals surface area contributed by atoms with Crippen LogP contribution in [0.4, 0.5) is 8.78 Å². The van der Waals surface area contributed by atoms with Crippen LogP contribution in [0.15, 0.2) is 60.7 Å². The average molecular weight is 420 g/mol. The molecule has 0 amide bonds. The highest BCUT2D eigenvalue weighted by molar-refractivity contribution is 6.30. The van der Waals surface area contributed by atoms with Crippen LogP contribution in [-0.2, 0) is 0 Å². The first-order valence-electron chi connectivity index (χ1n) is 8.05. The molecule has 3 aromatic carbocycles. The van der Waals surface area contributed by atoms with Crippen LogP contribution in [0, 0.1) is 23.0 Å². The zero-order valence-electron chi connectivity index (χ0n) is 14.2. The molecular weight excluding hydrogens is 407 g/mol. The quantitative estimate of drug-likeness (QED) is 0.530. The summed E-state index contributed by atoms with van der Waals surface area (Å²) in [6.45, 7) is 0. The molecule has 0 radical (unpaired) electrons. The van der Waals surface area contributed by atoms with Crippen molar-refractivity contribution in [1.29, 1.82) is 5.26 Å². The van der Waals surface area contributed by atoms with Gasteiger partial charge in [-0.2, -0.15) is 5.26 Å². The highest BCUT2D eigenvalue weighted by Gasteiger charge is 2.18. The van der Waals surface area contributed by atoms with Gasteiger partial charge in [0.2, 0.25) is 0 Å². The summed E-state index contributed by atoms with van der Waals surface area (Å²) in [6, 6.07) is 16.0. The Bertz CT molecular complexity index is 1020. The maximum absolute atomic E-state index is 14.5. The van der Waals surface area contributed by atoms with E-state index in [1.807, 2.05) is 0 Å². The summed E-state index contributed by atoms with van der Waals surface area (Å²) in [5.74, 6) is -1.08. The van der Waals surface area contributed by atoms with Gasteiger partial charge in [-0.3, -0.25) is 0 Å². The smallest absolute Gasteiger partial charge is 0.152 e. The van der Waals surface area contributed by atoms with E-state index in [2.05, 4.69) is 11.0 Å². The minimum absolute atomic E-state index is 0.0948. The normalized spacial score (nSPS) is 11.7. The summed E-state index contributed by atoms with van der Waals surface area (Å²) >= 11 is 11.8. The molecule has 0 spiro atoms. The number of hydrazine groups is 1. The summed E-state index contributed by atoms with van der Waals surface area (Å²) in [5, 5.41) is 9.57. The second kappa shape index (κ2) is 9.00. The molecule has 4 nitrogen and oxygen atoms in total. The van der Waals surface area contributed by atoms with Gasteiger partial charge in [0, 0.05) is 21.7 Å². The molecule has 142 valence electrons. The van der Waals surface area contributed by atoms with Crippen molar-refractivity contribution in [2.75, 3.05) is 0 Å². The molecular formula is C20H13Cl2F2N3O. The third kappa shape index (κ3) is 4.77. The highest BCUT2D eigenvalue weighted by Crippen LogP contribution is 2.27. The summed E-state index contributed by atoms with van der Waals surface area (Å²) in [7, 11) is 0. The third-order valence-corrected chi connectivity index (χ3v) is 4.40. The van der Waals surface area contributed by atoms with E-state index < -0.39 is 17.7 Å². The number of rotatable bonds is 6. The number of halogens is 4. The predicted molar refractivity (Wildman–Crippen MR) is 103 cm³/mol. The van der Waals surface area contributed by atoms with Crippen molar-refractivity contribution in [1.82, 2.24) is 11.0 Å². The molecule has 0 aliphatic rings. The monoisotopic (exact) mass is 419 g/mol. The van der Waals surface area contributed by atoms with Gasteiger partial charge >= 0.3 is 0 Å². The summed E-state index contributed by atoms with van der Waals surface area (Å²) < 4.78 is 28.1. The van der Waals surface area contributed by atoms with Gasteiger partial charge in [0.15, 0.2) is 5.75 Å². The van der Waals surface area contributed by atoms with Crippen LogP contribution < -0.4 is 15.9 Å². The van der Waals surface area contributed by atoms with Crippen molar-refractivity contribution in [3.8, 4) is 11.8 Å². The zero-order valence-corrected chi connectivity index (χ0v) is 15.7. The first kappa shape index (κ1) is 20.1. The van der Waals surface area contributed by atoms with E-state index in [1.165, 1.54) is 18.2 Å². The molecule has 3 aromatic rings. The van der Waals surface area contributed by atoms with E-state index in [4.69, 9.17) is 33.3 Å². The molecule has 0 aliphatic carbocycles. The standard InChI is InChI=1S/C20H13Cl2F2N3O/c21-14-4-1-12(2-5-14)20(17-8-6-15(22)9-19(17)24)26-27-28-16-7-3-13(11-25)18(23)10-16/h1-10,20,26-27H. The first-order chi connectivity index (χ1) is 13.5. The molecule has 0 heterocycles. The Morgan fingerprint density at radius 1 is 0.893 bits per heavy atom. The molecule has 0 saturated heterocycles.